The van der Waals surface area contributed by atoms with Gasteiger partial charge in [-0.25, -0.2) is 4.39 Å². The first kappa shape index (κ1) is 13.2. The van der Waals surface area contributed by atoms with Crippen molar-refractivity contribution in [1.82, 2.24) is 4.40 Å². The fourth-order valence-electron chi connectivity index (χ4n) is 2.14. The van der Waals surface area contributed by atoms with Crippen molar-refractivity contribution in [3.05, 3.63) is 75.8 Å². The van der Waals surface area contributed by atoms with Crippen molar-refractivity contribution in [1.29, 1.82) is 0 Å². The summed E-state index contributed by atoms with van der Waals surface area (Å²) in [5, 5.41) is 0.403. The van der Waals surface area contributed by atoms with E-state index in [-0.39, 0.29) is 21.3 Å². The quantitative estimate of drug-likeness (QED) is 0.633. The number of nitrogens with zero attached hydrogens (tertiary/aromatic N) is 1. The standard InChI is InChI=1S/C15H8Cl2FNO/c16-10-5-3-6-11(17)13(10)15(20)14-12(18)8-9-4-1-2-7-19(9)14/h1-8H. The van der Waals surface area contributed by atoms with E-state index in [1.54, 1.807) is 42.6 Å². The Balaban J connectivity index is 2.26. The SMILES string of the molecule is O=C(c1c(Cl)cccc1Cl)c1c(F)cc2ccccn12. The van der Waals surface area contributed by atoms with Crippen LogP contribution in [0.4, 0.5) is 4.39 Å². The summed E-state index contributed by atoms with van der Waals surface area (Å²) >= 11 is 12.0. The van der Waals surface area contributed by atoms with Gasteiger partial charge in [0.15, 0.2) is 5.82 Å². The van der Waals surface area contributed by atoms with Gasteiger partial charge >= 0.3 is 0 Å². The summed E-state index contributed by atoms with van der Waals surface area (Å²) in [5.41, 5.74) is 0.630. The van der Waals surface area contributed by atoms with Gasteiger partial charge in [0.05, 0.1) is 15.6 Å². The van der Waals surface area contributed by atoms with E-state index >= 15 is 0 Å². The molecule has 0 amide bonds. The van der Waals surface area contributed by atoms with Gasteiger partial charge in [0.25, 0.3) is 0 Å². The molecule has 0 unspecified atom stereocenters. The lowest BCUT2D eigenvalue weighted by Gasteiger charge is -2.06. The summed E-state index contributed by atoms with van der Waals surface area (Å²) in [6, 6.07) is 11.2. The second kappa shape index (κ2) is 4.93. The molecule has 0 N–H and O–H groups in total. The zero-order chi connectivity index (χ0) is 14.3. The number of benzene rings is 1. The van der Waals surface area contributed by atoms with Gasteiger partial charge in [-0.1, -0.05) is 35.3 Å². The summed E-state index contributed by atoms with van der Waals surface area (Å²) in [7, 11) is 0. The van der Waals surface area contributed by atoms with Gasteiger partial charge in [-0.3, -0.25) is 4.79 Å². The van der Waals surface area contributed by atoms with Crippen molar-refractivity contribution in [2.45, 2.75) is 0 Å². The van der Waals surface area contributed by atoms with Crippen LogP contribution < -0.4 is 0 Å². The number of fused-ring (bicyclic) bond motifs is 1. The molecular weight excluding hydrogens is 300 g/mol. The first-order valence-corrected chi connectivity index (χ1v) is 6.59. The van der Waals surface area contributed by atoms with Gasteiger partial charge in [0, 0.05) is 17.8 Å². The molecule has 20 heavy (non-hydrogen) atoms. The highest BCUT2D eigenvalue weighted by Crippen LogP contribution is 2.28. The van der Waals surface area contributed by atoms with Crippen LogP contribution in [0.2, 0.25) is 10.0 Å². The monoisotopic (exact) mass is 307 g/mol. The van der Waals surface area contributed by atoms with Gasteiger partial charge in [0.2, 0.25) is 5.78 Å². The van der Waals surface area contributed by atoms with Crippen LogP contribution in [0.25, 0.3) is 5.52 Å². The first-order valence-electron chi connectivity index (χ1n) is 5.84. The van der Waals surface area contributed by atoms with Crippen molar-refractivity contribution >= 4 is 34.5 Å². The van der Waals surface area contributed by atoms with Crippen LogP contribution in [-0.2, 0) is 0 Å². The Morgan fingerprint density at radius 3 is 2.45 bits per heavy atom. The molecule has 0 aliphatic carbocycles. The highest BCUT2D eigenvalue weighted by Gasteiger charge is 2.23. The Bertz CT molecular complexity index is 806. The van der Waals surface area contributed by atoms with Crippen LogP contribution in [0.15, 0.2) is 48.7 Å². The van der Waals surface area contributed by atoms with E-state index in [2.05, 4.69) is 0 Å². The third-order valence-corrected chi connectivity index (χ3v) is 3.67. The number of ketones is 1. The van der Waals surface area contributed by atoms with Gasteiger partial charge in [0.1, 0.15) is 5.69 Å². The lowest BCUT2D eigenvalue weighted by molar-refractivity contribution is 0.103. The molecule has 0 aliphatic rings. The van der Waals surface area contributed by atoms with Crippen LogP contribution in [0, 0.1) is 5.82 Å². The van der Waals surface area contributed by atoms with Crippen molar-refractivity contribution in [3.63, 3.8) is 0 Å². The van der Waals surface area contributed by atoms with E-state index in [1.165, 1.54) is 10.5 Å². The molecule has 0 fully saturated rings. The number of carbonyl (C=O) groups excluding carboxylic acids is 1. The average molecular weight is 308 g/mol. The largest absolute Gasteiger partial charge is 0.311 e. The number of hydrogen-bond donors (Lipinski definition) is 0. The summed E-state index contributed by atoms with van der Waals surface area (Å²) < 4.78 is 15.6. The molecule has 2 heterocycles. The summed E-state index contributed by atoms with van der Waals surface area (Å²) in [4.78, 5) is 12.6. The van der Waals surface area contributed by atoms with Crippen LogP contribution in [0.1, 0.15) is 16.1 Å². The van der Waals surface area contributed by atoms with Crippen LogP contribution in [-0.4, -0.2) is 10.2 Å². The smallest absolute Gasteiger partial charge is 0.215 e. The molecule has 0 aliphatic heterocycles. The minimum absolute atomic E-state index is 0.0735. The van der Waals surface area contributed by atoms with E-state index in [9.17, 15) is 9.18 Å². The average Bonchev–Trinajstić information content (AvgIpc) is 2.74. The van der Waals surface area contributed by atoms with Crippen molar-refractivity contribution in [2.24, 2.45) is 0 Å². The maximum absolute atomic E-state index is 14.1. The molecule has 3 aromatic rings. The van der Waals surface area contributed by atoms with Gasteiger partial charge in [-0.15, -0.1) is 0 Å². The fourth-order valence-corrected chi connectivity index (χ4v) is 2.71. The molecule has 0 spiro atoms. The number of hydrogen-bond acceptors (Lipinski definition) is 1. The number of carbonyl (C=O) groups is 1. The zero-order valence-electron chi connectivity index (χ0n) is 10.1. The van der Waals surface area contributed by atoms with E-state index in [1.807, 2.05) is 0 Å². The molecule has 0 radical (unpaired) electrons. The number of aromatic nitrogens is 1. The maximum Gasteiger partial charge on any atom is 0.215 e. The first-order chi connectivity index (χ1) is 9.59. The molecule has 0 saturated carbocycles. The molecule has 0 atom stereocenters. The number of halogens is 3. The lowest BCUT2D eigenvalue weighted by Crippen LogP contribution is -2.08. The molecule has 3 rings (SSSR count). The molecule has 0 bridgehead atoms. The Morgan fingerprint density at radius 2 is 1.75 bits per heavy atom. The lowest BCUT2D eigenvalue weighted by atomic mass is 10.1. The summed E-state index contributed by atoms with van der Waals surface area (Å²) in [5.74, 6) is -1.14. The van der Waals surface area contributed by atoms with Crippen molar-refractivity contribution in [3.8, 4) is 0 Å². The van der Waals surface area contributed by atoms with Crippen molar-refractivity contribution < 1.29 is 9.18 Å². The topological polar surface area (TPSA) is 21.5 Å². The molecule has 2 nitrogen and oxygen atoms in total. The fraction of sp³-hybridized carbons (Fsp3) is 0. The predicted octanol–water partition coefficient (Wildman–Crippen LogP) is 4.62. The minimum Gasteiger partial charge on any atom is -0.311 e. The molecule has 0 saturated heterocycles. The third kappa shape index (κ3) is 1.99. The second-order valence-electron chi connectivity index (χ2n) is 4.26. The zero-order valence-corrected chi connectivity index (χ0v) is 11.6. The highest BCUT2D eigenvalue weighted by molar-refractivity contribution is 6.40. The van der Waals surface area contributed by atoms with E-state index in [4.69, 9.17) is 23.2 Å². The second-order valence-corrected chi connectivity index (χ2v) is 5.08. The Morgan fingerprint density at radius 1 is 1.05 bits per heavy atom. The van der Waals surface area contributed by atoms with Crippen LogP contribution in [0.3, 0.4) is 0 Å². The number of pyridine rings is 1. The minimum atomic E-state index is -0.600. The highest BCUT2D eigenvalue weighted by atomic mass is 35.5. The molecule has 5 heteroatoms. The maximum atomic E-state index is 14.1. The van der Waals surface area contributed by atoms with Gasteiger partial charge in [-0.2, -0.15) is 0 Å². The Hall–Kier alpha value is -1.84. The molecule has 1 aromatic carbocycles. The Labute approximate surface area is 124 Å². The molecular formula is C15H8Cl2FNO. The van der Waals surface area contributed by atoms with Crippen LogP contribution in [0.5, 0.6) is 0 Å². The van der Waals surface area contributed by atoms with Crippen LogP contribution >= 0.6 is 23.2 Å². The summed E-state index contributed by atoms with van der Waals surface area (Å²) in [6.45, 7) is 0. The van der Waals surface area contributed by atoms with Crippen molar-refractivity contribution in [2.75, 3.05) is 0 Å². The normalized spacial score (nSPS) is 10.9. The summed E-state index contributed by atoms with van der Waals surface area (Å²) in [6.07, 6.45) is 1.62. The van der Waals surface area contributed by atoms with E-state index in [0.717, 1.165) is 0 Å². The third-order valence-electron chi connectivity index (χ3n) is 3.04. The van der Waals surface area contributed by atoms with Gasteiger partial charge in [-0.05, 0) is 24.3 Å². The molecule has 2 aromatic heterocycles. The van der Waals surface area contributed by atoms with E-state index in [0.29, 0.717) is 5.52 Å². The van der Waals surface area contributed by atoms with Gasteiger partial charge < -0.3 is 4.40 Å². The Kier molecular flexibility index (Phi) is 3.24. The molecule has 100 valence electrons. The predicted molar refractivity (Wildman–Crippen MR) is 77.2 cm³/mol. The number of rotatable bonds is 2. The van der Waals surface area contributed by atoms with E-state index < -0.39 is 11.6 Å².